The van der Waals surface area contributed by atoms with E-state index in [0.29, 0.717) is 29.9 Å². The summed E-state index contributed by atoms with van der Waals surface area (Å²) in [6.07, 6.45) is 0. The maximum absolute atomic E-state index is 12.9. The number of nitrogens with zero attached hydrogens (tertiary/aromatic N) is 2. The van der Waals surface area contributed by atoms with Crippen molar-refractivity contribution in [2.45, 2.75) is 0 Å². The van der Waals surface area contributed by atoms with Crippen LogP contribution in [0.2, 0.25) is 0 Å². The molecule has 1 amide bonds. The molecule has 1 heterocycles. The van der Waals surface area contributed by atoms with Crippen molar-refractivity contribution < 1.29 is 14.3 Å². The van der Waals surface area contributed by atoms with Gasteiger partial charge in [-0.1, -0.05) is 42.5 Å². The zero-order valence-corrected chi connectivity index (χ0v) is 14.3. The topological polar surface area (TPSA) is 82.4 Å². The Morgan fingerprint density at radius 2 is 1.81 bits per heavy atom. The van der Waals surface area contributed by atoms with E-state index in [2.05, 4.69) is 10.4 Å². The summed E-state index contributed by atoms with van der Waals surface area (Å²) in [6.45, 7) is 0.497. The van der Waals surface area contributed by atoms with Gasteiger partial charge in [0.1, 0.15) is 6.61 Å². The Balaban J connectivity index is 1.98. The highest BCUT2D eigenvalue weighted by molar-refractivity contribution is 5.86. The van der Waals surface area contributed by atoms with E-state index in [1.54, 1.807) is 25.3 Å². The van der Waals surface area contributed by atoms with Crippen molar-refractivity contribution in [1.82, 2.24) is 9.66 Å². The second-order valence-corrected chi connectivity index (χ2v) is 5.54. The number of rotatable bonds is 7. The Bertz CT molecular complexity index is 954. The maximum Gasteiger partial charge on any atom is 0.280 e. The van der Waals surface area contributed by atoms with Gasteiger partial charge in [0.25, 0.3) is 11.5 Å². The van der Waals surface area contributed by atoms with Gasteiger partial charge in [0.15, 0.2) is 5.82 Å². The van der Waals surface area contributed by atoms with Crippen LogP contribution in [0.25, 0.3) is 22.3 Å². The van der Waals surface area contributed by atoms with Crippen molar-refractivity contribution in [2.75, 3.05) is 32.4 Å². The standard InChI is InChI=1S/C19H19N3O4/c1-25-11-12-26-13-17(23)21-22-18(14-7-3-2-4-8-14)20-16-10-6-5-9-15(16)19(22)24/h2-10H,11-13H2,1H3,(H,21,23). The lowest BCUT2D eigenvalue weighted by atomic mass is 10.2. The molecule has 134 valence electrons. The molecule has 0 saturated heterocycles. The van der Waals surface area contributed by atoms with Crippen LogP contribution >= 0.6 is 0 Å². The molecule has 0 aliphatic heterocycles. The quantitative estimate of drug-likeness (QED) is 0.655. The second kappa shape index (κ2) is 8.37. The fourth-order valence-electron chi connectivity index (χ4n) is 2.48. The van der Waals surface area contributed by atoms with E-state index in [-0.39, 0.29) is 12.2 Å². The summed E-state index contributed by atoms with van der Waals surface area (Å²) in [4.78, 5) is 29.6. The van der Waals surface area contributed by atoms with Crippen LogP contribution in [0.1, 0.15) is 0 Å². The van der Waals surface area contributed by atoms with Crippen LogP contribution in [-0.4, -0.2) is 42.5 Å². The number of hydrogen-bond donors (Lipinski definition) is 1. The van der Waals surface area contributed by atoms with Crippen LogP contribution in [0.3, 0.4) is 0 Å². The fourth-order valence-corrected chi connectivity index (χ4v) is 2.48. The highest BCUT2D eigenvalue weighted by Crippen LogP contribution is 2.17. The summed E-state index contributed by atoms with van der Waals surface area (Å²) in [6, 6.07) is 16.2. The third-order valence-electron chi connectivity index (χ3n) is 3.71. The van der Waals surface area contributed by atoms with Crippen LogP contribution in [0, 0.1) is 0 Å². The molecule has 7 heteroatoms. The molecule has 0 fully saturated rings. The molecule has 0 radical (unpaired) electrons. The minimum Gasteiger partial charge on any atom is -0.382 e. The van der Waals surface area contributed by atoms with E-state index in [4.69, 9.17) is 9.47 Å². The predicted molar refractivity (Wildman–Crippen MR) is 98.5 cm³/mol. The molecule has 0 unspecified atom stereocenters. The molecule has 0 spiro atoms. The summed E-state index contributed by atoms with van der Waals surface area (Å²) < 4.78 is 11.2. The molecule has 2 aromatic carbocycles. The minimum atomic E-state index is -0.447. The van der Waals surface area contributed by atoms with Crippen molar-refractivity contribution in [3.8, 4) is 11.4 Å². The zero-order chi connectivity index (χ0) is 18.4. The van der Waals surface area contributed by atoms with Crippen molar-refractivity contribution in [3.63, 3.8) is 0 Å². The van der Waals surface area contributed by atoms with Gasteiger partial charge in [-0.3, -0.25) is 15.0 Å². The van der Waals surface area contributed by atoms with Crippen LogP contribution < -0.4 is 11.0 Å². The number of ether oxygens (including phenoxy) is 2. The van der Waals surface area contributed by atoms with E-state index in [9.17, 15) is 9.59 Å². The Morgan fingerprint density at radius 1 is 1.08 bits per heavy atom. The molecule has 0 saturated carbocycles. The number of carbonyl (C=O) groups excluding carboxylic acids is 1. The summed E-state index contributed by atoms with van der Waals surface area (Å²) in [5, 5.41) is 0.424. The Hall–Kier alpha value is -3.03. The number of methoxy groups -OCH3 is 1. The molecule has 3 rings (SSSR count). The normalized spacial score (nSPS) is 10.8. The number of benzene rings is 2. The highest BCUT2D eigenvalue weighted by atomic mass is 16.5. The lowest BCUT2D eigenvalue weighted by molar-refractivity contribution is -0.122. The van der Waals surface area contributed by atoms with Crippen molar-refractivity contribution in [2.24, 2.45) is 0 Å². The maximum atomic E-state index is 12.9. The minimum absolute atomic E-state index is 0.184. The molecule has 0 atom stereocenters. The zero-order valence-electron chi connectivity index (χ0n) is 14.3. The van der Waals surface area contributed by atoms with Crippen LogP contribution in [0.5, 0.6) is 0 Å². The number of para-hydroxylation sites is 1. The predicted octanol–water partition coefficient (Wildman–Crippen LogP) is 1.80. The van der Waals surface area contributed by atoms with E-state index in [0.717, 1.165) is 5.56 Å². The van der Waals surface area contributed by atoms with Crippen molar-refractivity contribution in [1.29, 1.82) is 0 Å². The Labute approximate surface area is 150 Å². The van der Waals surface area contributed by atoms with Gasteiger partial charge in [-0.25, -0.2) is 4.98 Å². The molecule has 7 nitrogen and oxygen atoms in total. The molecule has 1 aromatic heterocycles. The molecular weight excluding hydrogens is 334 g/mol. The van der Waals surface area contributed by atoms with E-state index in [1.807, 2.05) is 36.4 Å². The van der Waals surface area contributed by atoms with E-state index >= 15 is 0 Å². The Morgan fingerprint density at radius 3 is 2.58 bits per heavy atom. The first-order chi connectivity index (χ1) is 12.7. The van der Waals surface area contributed by atoms with Gasteiger partial charge < -0.3 is 9.47 Å². The Kier molecular flexibility index (Phi) is 5.73. The van der Waals surface area contributed by atoms with Gasteiger partial charge in [-0.15, -0.1) is 0 Å². The number of fused-ring (bicyclic) bond motifs is 1. The first-order valence-electron chi connectivity index (χ1n) is 8.14. The lowest BCUT2D eigenvalue weighted by Crippen LogP contribution is -2.37. The summed E-state index contributed by atoms with van der Waals surface area (Å²) >= 11 is 0. The van der Waals surface area contributed by atoms with Gasteiger partial charge >= 0.3 is 0 Å². The number of nitrogens with one attached hydrogen (secondary N) is 1. The average molecular weight is 353 g/mol. The van der Waals surface area contributed by atoms with Gasteiger partial charge in [0.05, 0.1) is 24.1 Å². The molecule has 0 aliphatic rings. The number of aromatic nitrogens is 2. The average Bonchev–Trinajstić information content (AvgIpc) is 2.68. The van der Waals surface area contributed by atoms with Crippen LogP contribution in [-0.2, 0) is 14.3 Å². The summed E-state index contributed by atoms with van der Waals surface area (Å²) in [5.74, 6) is -0.0861. The van der Waals surface area contributed by atoms with Gasteiger partial charge in [0.2, 0.25) is 0 Å². The fraction of sp³-hybridized carbons (Fsp3) is 0.211. The smallest absolute Gasteiger partial charge is 0.280 e. The number of hydrogen-bond acceptors (Lipinski definition) is 5. The molecule has 0 bridgehead atoms. The molecule has 0 aliphatic carbocycles. The third kappa shape index (κ3) is 3.96. The van der Waals surface area contributed by atoms with E-state index in [1.165, 1.54) is 4.68 Å². The number of amides is 1. The van der Waals surface area contributed by atoms with Gasteiger partial charge in [-0.2, -0.15) is 4.68 Å². The molecule has 1 N–H and O–H groups in total. The second-order valence-electron chi connectivity index (χ2n) is 5.54. The third-order valence-corrected chi connectivity index (χ3v) is 3.71. The molecular formula is C19H19N3O4. The van der Waals surface area contributed by atoms with Crippen molar-refractivity contribution in [3.05, 3.63) is 65.0 Å². The van der Waals surface area contributed by atoms with Gasteiger partial charge in [0, 0.05) is 12.7 Å². The van der Waals surface area contributed by atoms with Gasteiger partial charge in [-0.05, 0) is 12.1 Å². The monoisotopic (exact) mass is 353 g/mol. The van der Waals surface area contributed by atoms with Crippen LogP contribution in [0.15, 0.2) is 59.4 Å². The molecule has 26 heavy (non-hydrogen) atoms. The largest absolute Gasteiger partial charge is 0.382 e. The lowest BCUT2D eigenvalue weighted by Gasteiger charge is -2.14. The van der Waals surface area contributed by atoms with E-state index < -0.39 is 5.91 Å². The summed E-state index contributed by atoms with van der Waals surface area (Å²) in [7, 11) is 1.55. The first-order valence-corrected chi connectivity index (χ1v) is 8.14. The number of carbonyl (C=O) groups is 1. The summed E-state index contributed by atoms with van der Waals surface area (Å²) in [5.41, 5.74) is 3.52. The SMILES string of the molecule is COCCOCC(=O)Nn1c(-c2ccccc2)nc2ccccc2c1=O. The van der Waals surface area contributed by atoms with Crippen LogP contribution in [0.4, 0.5) is 0 Å². The molecule has 3 aromatic rings. The highest BCUT2D eigenvalue weighted by Gasteiger charge is 2.14. The first kappa shape index (κ1) is 17.8. The van der Waals surface area contributed by atoms with Crippen molar-refractivity contribution >= 4 is 16.8 Å².